The first-order chi connectivity index (χ1) is 10.9. The van der Waals surface area contributed by atoms with Crippen molar-refractivity contribution in [2.24, 2.45) is 0 Å². The number of hydrogen-bond acceptors (Lipinski definition) is 6. The molecular weight excluding hydrogens is 318 g/mol. The van der Waals surface area contributed by atoms with Crippen LogP contribution in [0.5, 0.6) is 0 Å². The van der Waals surface area contributed by atoms with Gasteiger partial charge in [-0.15, -0.1) is 0 Å². The van der Waals surface area contributed by atoms with Gasteiger partial charge in [0.15, 0.2) is 5.82 Å². The second-order valence-electron chi connectivity index (χ2n) is 5.10. The minimum Gasteiger partial charge on any atom is -0.334 e. The Morgan fingerprint density at radius 1 is 1.22 bits per heavy atom. The predicted molar refractivity (Wildman–Crippen MR) is 83.3 cm³/mol. The maximum absolute atomic E-state index is 12.5. The van der Waals surface area contributed by atoms with Crippen molar-refractivity contribution in [1.82, 2.24) is 20.3 Å². The van der Waals surface area contributed by atoms with E-state index in [1.54, 1.807) is 45.0 Å². The highest BCUT2D eigenvalue weighted by atomic mass is 32.2. The third-order valence-corrected chi connectivity index (χ3v) is 4.86. The van der Waals surface area contributed by atoms with E-state index in [2.05, 4.69) is 25.1 Å². The summed E-state index contributed by atoms with van der Waals surface area (Å²) in [5, 5.41) is 10.3. The van der Waals surface area contributed by atoms with E-state index >= 15 is 0 Å². The van der Waals surface area contributed by atoms with Crippen LogP contribution >= 0.6 is 0 Å². The molecule has 0 aliphatic heterocycles. The highest BCUT2D eigenvalue weighted by Crippen LogP contribution is 2.24. The monoisotopic (exact) mass is 333 g/mol. The summed E-state index contributed by atoms with van der Waals surface area (Å²) in [6, 6.07) is 6.76. The normalized spacial score (nSPS) is 11.6. The van der Waals surface area contributed by atoms with Gasteiger partial charge in [-0.1, -0.05) is 11.2 Å². The minimum atomic E-state index is -3.74. The van der Waals surface area contributed by atoms with Crippen molar-refractivity contribution in [2.45, 2.75) is 25.7 Å². The lowest BCUT2D eigenvalue weighted by atomic mass is 10.2. The Hall–Kier alpha value is -2.68. The van der Waals surface area contributed by atoms with Gasteiger partial charge in [0.2, 0.25) is 0 Å². The van der Waals surface area contributed by atoms with Crippen LogP contribution in [0.3, 0.4) is 0 Å². The molecule has 0 atom stereocenters. The molecule has 0 aliphatic rings. The van der Waals surface area contributed by atoms with Crippen LogP contribution in [0.15, 0.2) is 33.7 Å². The number of benzene rings is 1. The zero-order valence-electron chi connectivity index (χ0n) is 12.8. The summed E-state index contributed by atoms with van der Waals surface area (Å²) in [4.78, 5) is 4.28. The van der Waals surface area contributed by atoms with Crippen LogP contribution in [0.2, 0.25) is 0 Å². The average molecular weight is 333 g/mol. The molecule has 0 radical (unpaired) electrons. The molecule has 2 heterocycles. The molecule has 120 valence electrons. The first-order valence-electron chi connectivity index (χ1n) is 6.82. The van der Waals surface area contributed by atoms with Crippen LogP contribution in [0.25, 0.3) is 11.5 Å². The highest BCUT2D eigenvalue weighted by Gasteiger charge is 2.22. The Bertz CT molecular complexity index is 939. The molecule has 0 spiro atoms. The average Bonchev–Trinajstić information content (AvgIpc) is 3.05. The van der Waals surface area contributed by atoms with Crippen LogP contribution in [0.1, 0.15) is 17.2 Å². The second kappa shape index (κ2) is 5.51. The van der Waals surface area contributed by atoms with Crippen molar-refractivity contribution in [3.8, 4) is 11.5 Å². The van der Waals surface area contributed by atoms with Gasteiger partial charge in [0.1, 0.15) is 4.90 Å². The van der Waals surface area contributed by atoms with E-state index in [0.29, 0.717) is 34.4 Å². The van der Waals surface area contributed by atoms with Gasteiger partial charge in [-0.05, 0) is 39.0 Å². The number of H-pyrrole nitrogens is 1. The van der Waals surface area contributed by atoms with Crippen LogP contribution < -0.4 is 4.72 Å². The van der Waals surface area contributed by atoms with Gasteiger partial charge >= 0.3 is 0 Å². The van der Waals surface area contributed by atoms with E-state index in [1.165, 1.54) is 0 Å². The first kappa shape index (κ1) is 15.2. The number of nitrogens with zero attached hydrogens (tertiary/aromatic N) is 3. The van der Waals surface area contributed by atoms with Crippen LogP contribution in [-0.2, 0) is 10.0 Å². The summed E-state index contributed by atoms with van der Waals surface area (Å²) in [5.41, 5.74) is 1.93. The molecule has 3 rings (SSSR count). The zero-order chi connectivity index (χ0) is 16.6. The predicted octanol–water partition coefficient (Wildman–Crippen LogP) is 2.19. The molecule has 8 nitrogen and oxygen atoms in total. The highest BCUT2D eigenvalue weighted by molar-refractivity contribution is 7.92. The topological polar surface area (TPSA) is 114 Å². The summed E-state index contributed by atoms with van der Waals surface area (Å²) in [7, 11) is -3.74. The number of aromatic nitrogens is 4. The molecule has 0 bridgehead atoms. The lowest BCUT2D eigenvalue weighted by molar-refractivity contribution is 0.425. The van der Waals surface area contributed by atoms with E-state index in [-0.39, 0.29) is 4.90 Å². The van der Waals surface area contributed by atoms with Crippen molar-refractivity contribution in [1.29, 1.82) is 0 Å². The maximum atomic E-state index is 12.5. The number of aryl methyl sites for hydroxylation is 3. The Morgan fingerprint density at radius 3 is 2.61 bits per heavy atom. The van der Waals surface area contributed by atoms with E-state index in [1.807, 2.05) is 0 Å². The van der Waals surface area contributed by atoms with Gasteiger partial charge in [-0.3, -0.25) is 9.82 Å². The Morgan fingerprint density at radius 2 is 2.00 bits per heavy atom. The van der Waals surface area contributed by atoms with Gasteiger partial charge < -0.3 is 4.52 Å². The van der Waals surface area contributed by atoms with Gasteiger partial charge in [0, 0.05) is 11.3 Å². The largest absolute Gasteiger partial charge is 0.334 e. The standard InChI is InChI=1S/C14H15N5O3S/c1-8-13(9(2)17-16-8)23(20,21)19-12-6-4-5-11(7-12)14-15-10(3)18-22-14/h4-7,19H,1-3H3,(H,16,17). The van der Waals surface area contributed by atoms with E-state index in [9.17, 15) is 8.42 Å². The molecule has 0 aliphatic carbocycles. The fraction of sp³-hybridized carbons (Fsp3) is 0.214. The summed E-state index contributed by atoms with van der Waals surface area (Å²) in [5.74, 6) is 0.842. The van der Waals surface area contributed by atoms with E-state index < -0.39 is 10.0 Å². The number of aromatic amines is 1. The Labute approximate surface area is 133 Å². The summed E-state index contributed by atoms with van der Waals surface area (Å²) < 4.78 is 32.7. The third-order valence-electron chi connectivity index (χ3n) is 3.22. The number of sulfonamides is 1. The van der Waals surface area contributed by atoms with Gasteiger partial charge in [0.25, 0.3) is 15.9 Å². The third kappa shape index (κ3) is 2.95. The zero-order valence-corrected chi connectivity index (χ0v) is 13.6. The number of rotatable bonds is 4. The molecule has 1 aromatic carbocycles. The van der Waals surface area contributed by atoms with Crippen LogP contribution in [0.4, 0.5) is 5.69 Å². The van der Waals surface area contributed by atoms with Crippen molar-refractivity contribution in [3.63, 3.8) is 0 Å². The fourth-order valence-corrected chi connectivity index (χ4v) is 3.70. The molecule has 2 N–H and O–H groups in total. The quantitative estimate of drug-likeness (QED) is 0.756. The maximum Gasteiger partial charge on any atom is 0.265 e. The molecule has 0 saturated carbocycles. The van der Waals surface area contributed by atoms with Gasteiger partial charge in [0.05, 0.1) is 11.4 Å². The van der Waals surface area contributed by atoms with E-state index in [4.69, 9.17) is 4.52 Å². The van der Waals surface area contributed by atoms with Crippen LogP contribution in [-0.4, -0.2) is 28.8 Å². The SMILES string of the molecule is Cc1noc(-c2cccc(NS(=O)(=O)c3c(C)n[nH]c3C)c2)n1. The van der Waals surface area contributed by atoms with Crippen molar-refractivity contribution >= 4 is 15.7 Å². The van der Waals surface area contributed by atoms with Gasteiger partial charge in [-0.2, -0.15) is 10.1 Å². The van der Waals surface area contributed by atoms with Crippen molar-refractivity contribution in [3.05, 3.63) is 41.5 Å². The number of hydrogen-bond donors (Lipinski definition) is 2. The molecule has 0 fully saturated rings. The lowest BCUT2D eigenvalue weighted by Gasteiger charge is -2.08. The summed E-state index contributed by atoms with van der Waals surface area (Å²) >= 11 is 0. The summed E-state index contributed by atoms with van der Waals surface area (Å²) in [6.07, 6.45) is 0. The second-order valence-corrected chi connectivity index (χ2v) is 6.72. The Kier molecular flexibility index (Phi) is 3.64. The molecule has 23 heavy (non-hydrogen) atoms. The fourth-order valence-electron chi connectivity index (χ4n) is 2.27. The molecule has 2 aromatic heterocycles. The minimum absolute atomic E-state index is 0.150. The molecule has 0 amide bonds. The van der Waals surface area contributed by atoms with E-state index in [0.717, 1.165) is 0 Å². The smallest absolute Gasteiger partial charge is 0.265 e. The molecule has 9 heteroatoms. The first-order valence-corrected chi connectivity index (χ1v) is 8.30. The number of nitrogens with one attached hydrogen (secondary N) is 2. The molecule has 0 unspecified atom stereocenters. The molecule has 3 aromatic rings. The molecular formula is C14H15N5O3S. The lowest BCUT2D eigenvalue weighted by Crippen LogP contribution is -2.14. The Balaban J connectivity index is 1.94. The summed E-state index contributed by atoms with van der Waals surface area (Å²) in [6.45, 7) is 5.01. The van der Waals surface area contributed by atoms with Gasteiger partial charge in [-0.25, -0.2) is 8.42 Å². The molecule has 0 saturated heterocycles. The van der Waals surface area contributed by atoms with Crippen LogP contribution in [0, 0.1) is 20.8 Å². The van der Waals surface area contributed by atoms with Crippen molar-refractivity contribution < 1.29 is 12.9 Å². The van der Waals surface area contributed by atoms with Crippen molar-refractivity contribution in [2.75, 3.05) is 4.72 Å². The number of anilines is 1.